The number of nitrogens with one attached hydrogen (secondary N) is 1. The van der Waals surface area contributed by atoms with Gasteiger partial charge in [0.2, 0.25) is 0 Å². The lowest BCUT2D eigenvalue weighted by Gasteiger charge is -2.14. The van der Waals surface area contributed by atoms with E-state index in [0.717, 1.165) is 16.9 Å². The summed E-state index contributed by atoms with van der Waals surface area (Å²) in [5, 5.41) is 0.144. The maximum absolute atomic E-state index is 4.81. The lowest BCUT2D eigenvalue weighted by atomic mass is 10.1. The molecule has 1 aromatic heterocycles. The van der Waals surface area contributed by atoms with Gasteiger partial charge >= 0.3 is 0 Å². The van der Waals surface area contributed by atoms with Crippen molar-refractivity contribution >= 4 is 22.8 Å². The summed E-state index contributed by atoms with van der Waals surface area (Å²) in [5.41, 5.74) is 3.34. The van der Waals surface area contributed by atoms with Crippen LogP contribution in [0.25, 0.3) is 11.0 Å². The molecule has 0 spiro atoms. The maximum Gasteiger partial charge on any atom is 0.125 e. The predicted molar refractivity (Wildman–Crippen MR) is 96.7 cm³/mol. The first-order valence-electron chi connectivity index (χ1n) is 7.61. The Bertz CT molecular complexity index is 868. The fraction of sp³-hybridized carbons (Fsp3) is 0.0500. The molecule has 0 radical (unpaired) electrons. The monoisotopic (exact) mass is 316 g/mol. The molecule has 0 fully saturated rings. The molecule has 0 amide bonds. The molecule has 3 heteroatoms. The van der Waals surface area contributed by atoms with E-state index >= 15 is 0 Å². The number of nitrogens with zero attached hydrogens (tertiary/aromatic N) is 1. The topological polar surface area (TPSA) is 28.7 Å². The van der Waals surface area contributed by atoms with Crippen molar-refractivity contribution in [2.45, 2.75) is 10.1 Å². The Labute approximate surface area is 139 Å². The summed E-state index contributed by atoms with van der Waals surface area (Å²) in [6.07, 6.45) is 0. The average Bonchev–Trinajstić information content (AvgIpc) is 3.05. The standard InChI is InChI=1S/C20H16N2S/c1-3-9-15(10-4-1)19(23-16-11-5-2-6-12-16)20-21-17-13-7-8-14-18(17)22-20/h1-14,19H,(H,21,22). The van der Waals surface area contributed by atoms with Crippen LogP contribution in [0.4, 0.5) is 0 Å². The second-order valence-electron chi connectivity index (χ2n) is 5.36. The first-order chi connectivity index (χ1) is 11.4. The molecule has 112 valence electrons. The molecule has 0 saturated carbocycles. The predicted octanol–water partition coefficient (Wildman–Crippen LogP) is 5.44. The molecule has 2 nitrogen and oxygen atoms in total. The fourth-order valence-electron chi connectivity index (χ4n) is 2.64. The van der Waals surface area contributed by atoms with Crippen LogP contribution in [0.5, 0.6) is 0 Å². The zero-order valence-electron chi connectivity index (χ0n) is 12.5. The molecule has 1 atom stereocenters. The van der Waals surface area contributed by atoms with Gasteiger partial charge < -0.3 is 4.98 Å². The lowest BCUT2D eigenvalue weighted by Crippen LogP contribution is -1.99. The van der Waals surface area contributed by atoms with Gasteiger partial charge in [0.25, 0.3) is 0 Å². The highest BCUT2D eigenvalue weighted by molar-refractivity contribution is 7.99. The fourth-order valence-corrected chi connectivity index (χ4v) is 3.74. The Balaban J connectivity index is 1.78. The molecule has 0 aliphatic rings. The van der Waals surface area contributed by atoms with Gasteiger partial charge in [-0.1, -0.05) is 60.7 Å². The van der Waals surface area contributed by atoms with Crippen LogP contribution in [0.15, 0.2) is 89.8 Å². The van der Waals surface area contributed by atoms with Gasteiger partial charge in [0.15, 0.2) is 0 Å². The highest BCUT2D eigenvalue weighted by atomic mass is 32.2. The first kappa shape index (κ1) is 14.1. The Morgan fingerprint density at radius 3 is 2.13 bits per heavy atom. The number of rotatable bonds is 4. The summed E-state index contributed by atoms with van der Waals surface area (Å²) >= 11 is 1.82. The molecule has 3 aromatic carbocycles. The van der Waals surface area contributed by atoms with E-state index in [2.05, 4.69) is 59.6 Å². The zero-order valence-corrected chi connectivity index (χ0v) is 13.3. The van der Waals surface area contributed by atoms with Crippen LogP contribution in [-0.4, -0.2) is 9.97 Å². The summed E-state index contributed by atoms with van der Waals surface area (Å²) in [6, 6.07) is 29.2. The number of thioether (sulfide) groups is 1. The molecule has 0 aliphatic heterocycles. The number of H-pyrrole nitrogens is 1. The van der Waals surface area contributed by atoms with Crippen molar-refractivity contribution in [3.63, 3.8) is 0 Å². The van der Waals surface area contributed by atoms with Gasteiger partial charge in [-0.05, 0) is 29.8 Å². The van der Waals surface area contributed by atoms with Crippen molar-refractivity contribution in [1.82, 2.24) is 9.97 Å². The van der Waals surface area contributed by atoms with Crippen molar-refractivity contribution in [2.24, 2.45) is 0 Å². The Kier molecular flexibility index (Phi) is 3.86. The van der Waals surface area contributed by atoms with Crippen molar-refractivity contribution in [1.29, 1.82) is 0 Å². The van der Waals surface area contributed by atoms with Gasteiger partial charge in [0.1, 0.15) is 5.82 Å². The van der Waals surface area contributed by atoms with Crippen molar-refractivity contribution in [2.75, 3.05) is 0 Å². The van der Waals surface area contributed by atoms with Crippen LogP contribution in [0.3, 0.4) is 0 Å². The van der Waals surface area contributed by atoms with Crippen molar-refractivity contribution in [3.8, 4) is 0 Å². The molecule has 4 aromatic rings. The molecule has 0 aliphatic carbocycles. The molecular weight excluding hydrogens is 300 g/mol. The van der Waals surface area contributed by atoms with E-state index in [4.69, 9.17) is 4.98 Å². The number of imidazole rings is 1. The first-order valence-corrected chi connectivity index (χ1v) is 8.49. The molecule has 1 unspecified atom stereocenters. The third kappa shape index (κ3) is 3.01. The van der Waals surface area contributed by atoms with Gasteiger partial charge in [-0.2, -0.15) is 0 Å². The van der Waals surface area contributed by atoms with Crippen molar-refractivity contribution in [3.05, 3.63) is 96.3 Å². The van der Waals surface area contributed by atoms with E-state index < -0.39 is 0 Å². The summed E-state index contributed by atoms with van der Waals surface area (Å²) in [5.74, 6) is 0.992. The molecule has 1 heterocycles. The van der Waals surface area contributed by atoms with Crippen molar-refractivity contribution < 1.29 is 0 Å². The second kappa shape index (κ2) is 6.31. The third-order valence-corrected chi connectivity index (χ3v) is 5.03. The minimum Gasteiger partial charge on any atom is -0.341 e. The normalized spacial score (nSPS) is 12.3. The van der Waals surface area contributed by atoms with Gasteiger partial charge in [0, 0.05) is 4.90 Å². The number of para-hydroxylation sites is 2. The van der Waals surface area contributed by atoms with Crippen LogP contribution < -0.4 is 0 Å². The van der Waals surface area contributed by atoms with Crippen LogP contribution in [0.2, 0.25) is 0 Å². The van der Waals surface area contributed by atoms with E-state index in [1.165, 1.54) is 10.5 Å². The number of fused-ring (bicyclic) bond motifs is 1. The molecule has 0 saturated heterocycles. The van der Waals surface area contributed by atoms with Crippen LogP contribution in [-0.2, 0) is 0 Å². The second-order valence-corrected chi connectivity index (χ2v) is 6.54. The average molecular weight is 316 g/mol. The zero-order chi connectivity index (χ0) is 15.5. The minimum atomic E-state index is 0.144. The van der Waals surface area contributed by atoms with E-state index in [0.29, 0.717) is 0 Å². The maximum atomic E-state index is 4.81. The highest BCUT2D eigenvalue weighted by Gasteiger charge is 2.19. The van der Waals surface area contributed by atoms with E-state index in [-0.39, 0.29) is 5.25 Å². The van der Waals surface area contributed by atoms with E-state index in [9.17, 15) is 0 Å². The van der Waals surface area contributed by atoms with Crippen LogP contribution >= 0.6 is 11.8 Å². The summed E-state index contributed by atoms with van der Waals surface area (Å²) < 4.78 is 0. The van der Waals surface area contributed by atoms with E-state index in [1.54, 1.807) is 0 Å². The molecule has 4 rings (SSSR count). The molecule has 0 bridgehead atoms. The Morgan fingerprint density at radius 2 is 1.39 bits per heavy atom. The molecule has 23 heavy (non-hydrogen) atoms. The number of hydrogen-bond donors (Lipinski definition) is 1. The SMILES string of the molecule is c1ccc(SC(c2ccccc2)c2nc3ccccc3[nH]2)cc1. The van der Waals surface area contributed by atoms with Gasteiger partial charge in [0.05, 0.1) is 16.3 Å². The van der Waals surface area contributed by atoms with Crippen LogP contribution in [0.1, 0.15) is 16.6 Å². The highest BCUT2D eigenvalue weighted by Crippen LogP contribution is 2.39. The van der Waals surface area contributed by atoms with Crippen LogP contribution in [0, 0.1) is 0 Å². The van der Waals surface area contributed by atoms with Gasteiger partial charge in [-0.15, -0.1) is 11.8 Å². The van der Waals surface area contributed by atoms with E-state index in [1.807, 2.05) is 42.1 Å². The Morgan fingerprint density at radius 1 is 0.739 bits per heavy atom. The summed E-state index contributed by atoms with van der Waals surface area (Å²) in [7, 11) is 0. The number of benzene rings is 3. The molecular formula is C20H16N2S. The summed E-state index contributed by atoms with van der Waals surface area (Å²) in [4.78, 5) is 9.53. The largest absolute Gasteiger partial charge is 0.341 e. The van der Waals surface area contributed by atoms with Gasteiger partial charge in [-0.3, -0.25) is 0 Å². The minimum absolute atomic E-state index is 0.144. The number of hydrogen-bond acceptors (Lipinski definition) is 2. The quantitative estimate of drug-likeness (QED) is 0.507. The summed E-state index contributed by atoms with van der Waals surface area (Å²) in [6.45, 7) is 0. The smallest absolute Gasteiger partial charge is 0.125 e. The third-order valence-electron chi connectivity index (χ3n) is 3.76. The number of aromatic nitrogens is 2. The van der Waals surface area contributed by atoms with Gasteiger partial charge in [-0.25, -0.2) is 4.98 Å². The number of aromatic amines is 1. The molecule has 1 N–H and O–H groups in total. The lowest BCUT2D eigenvalue weighted by molar-refractivity contribution is 1.01. The Hall–Kier alpha value is -2.52.